The highest BCUT2D eigenvalue weighted by Crippen LogP contribution is 2.27. The molecule has 25 heavy (non-hydrogen) atoms. The summed E-state index contributed by atoms with van der Waals surface area (Å²) >= 11 is 1.82. The van der Waals surface area contributed by atoms with Gasteiger partial charge in [0.1, 0.15) is 11.3 Å². The molecule has 0 aliphatic heterocycles. The van der Waals surface area contributed by atoms with Crippen molar-refractivity contribution in [2.75, 3.05) is 17.2 Å². The number of rotatable bonds is 7. The van der Waals surface area contributed by atoms with E-state index in [0.717, 1.165) is 34.8 Å². The molecule has 0 bridgehead atoms. The lowest BCUT2D eigenvalue weighted by Gasteiger charge is -2.12. The minimum absolute atomic E-state index is 0.154. The van der Waals surface area contributed by atoms with Crippen LogP contribution in [-0.2, 0) is 11.3 Å². The van der Waals surface area contributed by atoms with Crippen LogP contribution in [0.1, 0.15) is 23.4 Å². The summed E-state index contributed by atoms with van der Waals surface area (Å²) in [6.07, 6.45) is 0.507. The van der Waals surface area contributed by atoms with E-state index < -0.39 is 0 Å². The van der Waals surface area contributed by atoms with E-state index >= 15 is 0 Å². The second-order valence-electron chi connectivity index (χ2n) is 6.05. The maximum atomic E-state index is 11.1. The Hall–Kier alpha value is -2.09. The normalized spacial score (nSPS) is 10.8. The molecule has 0 aliphatic rings. The largest absolute Gasteiger partial charge is 0.384 e. The van der Waals surface area contributed by atoms with Gasteiger partial charge in [0, 0.05) is 25.2 Å². The van der Waals surface area contributed by atoms with Crippen LogP contribution in [-0.4, -0.2) is 20.3 Å². The van der Waals surface area contributed by atoms with Crippen molar-refractivity contribution in [3.63, 3.8) is 0 Å². The Balaban J connectivity index is 1.84. The van der Waals surface area contributed by atoms with Crippen molar-refractivity contribution in [2.45, 2.75) is 26.8 Å². The van der Waals surface area contributed by atoms with Gasteiger partial charge in [0.05, 0.1) is 11.2 Å². The summed E-state index contributed by atoms with van der Waals surface area (Å²) in [6.45, 7) is 5.43. The average molecular weight is 448 g/mol. The summed E-state index contributed by atoms with van der Waals surface area (Å²) in [4.78, 5) is 19.0. The van der Waals surface area contributed by atoms with E-state index in [1.165, 1.54) is 11.1 Å². The number of hydrogen-bond donors (Lipinski definition) is 3. The number of fused-ring (bicyclic) bond motifs is 1. The molecule has 1 heterocycles. The molecule has 2 aromatic carbocycles. The monoisotopic (exact) mass is 448 g/mol. The predicted octanol–water partition coefficient (Wildman–Crippen LogP) is 4.56. The molecule has 0 aliphatic carbocycles. The van der Waals surface area contributed by atoms with Crippen LogP contribution in [0.15, 0.2) is 36.4 Å². The van der Waals surface area contributed by atoms with E-state index in [0.29, 0.717) is 13.0 Å². The number of carbonyl (C=O) groups is 1. The molecule has 0 atom stereocenters. The van der Waals surface area contributed by atoms with Crippen LogP contribution in [0.4, 0.5) is 11.4 Å². The number of aromatic nitrogens is 2. The molecular weight excluding hydrogens is 427 g/mol. The molecular formula is C19H21IN4O. The summed E-state index contributed by atoms with van der Waals surface area (Å²) in [5.74, 6) is 0.883. The van der Waals surface area contributed by atoms with Crippen LogP contribution in [0.5, 0.6) is 0 Å². The minimum atomic E-state index is 0.154. The van der Waals surface area contributed by atoms with Gasteiger partial charge in [-0.3, -0.25) is 4.79 Å². The van der Waals surface area contributed by atoms with E-state index in [2.05, 4.69) is 51.8 Å². The van der Waals surface area contributed by atoms with Crippen molar-refractivity contribution < 1.29 is 4.79 Å². The molecule has 0 radical (unpaired) electrons. The first-order chi connectivity index (χ1) is 12.0. The molecule has 3 rings (SSSR count). The van der Waals surface area contributed by atoms with Gasteiger partial charge in [0.15, 0.2) is 3.79 Å². The number of imidazole rings is 1. The van der Waals surface area contributed by atoms with Crippen LogP contribution in [0.2, 0.25) is 0 Å². The lowest BCUT2D eigenvalue weighted by molar-refractivity contribution is -0.109. The average Bonchev–Trinajstić information content (AvgIpc) is 2.94. The maximum absolute atomic E-state index is 11.1. The fourth-order valence-corrected chi connectivity index (χ4v) is 3.05. The molecule has 3 N–H and O–H groups in total. The Morgan fingerprint density at radius 2 is 2.00 bits per heavy atom. The zero-order chi connectivity index (χ0) is 17.8. The van der Waals surface area contributed by atoms with Crippen molar-refractivity contribution in [3.05, 3.63) is 53.3 Å². The van der Waals surface area contributed by atoms with Crippen LogP contribution >= 0.6 is 22.6 Å². The molecule has 0 saturated carbocycles. The second kappa shape index (κ2) is 7.86. The van der Waals surface area contributed by atoms with E-state index in [4.69, 9.17) is 0 Å². The van der Waals surface area contributed by atoms with Gasteiger partial charge in [-0.05, 0) is 59.7 Å². The highest BCUT2D eigenvalue weighted by molar-refractivity contribution is 14.1. The zero-order valence-electron chi connectivity index (χ0n) is 14.3. The SMILES string of the molecule is Cc1nc2c(NCc3ccccc3C)cc(NCCC(=O)I)cc2[nH]1. The highest BCUT2D eigenvalue weighted by Gasteiger charge is 2.09. The standard InChI is InChI=1S/C19H21IN4O/c1-12-5-3-4-6-14(12)11-22-16-9-15(21-8-7-18(20)25)10-17-19(16)24-13(2)23-17/h3-6,9-10,21-22H,7-8,11H2,1-2H3,(H,23,24). The maximum Gasteiger partial charge on any atom is 0.194 e. The van der Waals surface area contributed by atoms with Gasteiger partial charge in [-0.2, -0.15) is 0 Å². The number of benzene rings is 2. The Kier molecular flexibility index (Phi) is 5.57. The first-order valence-corrected chi connectivity index (χ1v) is 9.32. The third kappa shape index (κ3) is 4.50. The summed E-state index contributed by atoms with van der Waals surface area (Å²) in [6, 6.07) is 12.4. The molecule has 0 fully saturated rings. The lowest BCUT2D eigenvalue weighted by atomic mass is 10.1. The molecule has 6 heteroatoms. The number of H-pyrrole nitrogens is 1. The van der Waals surface area contributed by atoms with Gasteiger partial charge in [-0.15, -0.1) is 0 Å². The van der Waals surface area contributed by atoms with Gasteiger partial charge in [0.25, 0.3) is 0 Å². The molecule has 1 aromatic heterocycles. The Morgan fingerprint density at radius 1 is 1.20 bits per heavy atom. The van der Waals surface area contributed by atoms with E-state index in [-0.39, 0.29) is 3.79 Å². The second-order valence-corrected chi connectivity index (χ2v) is 7.26. The molecule has 130 valence electrons. The number of carbonyl (C=O) groups excluding carboxylic acids is 1. The number of halogens is 1. The minimum Gasteiger partial charge on any atom is -0.384 e. The Morgan fingerprint density at radius 3 is 2.76 bits per heavy atom. The smallest absolute Gasteiger partial charge is 0.194 e. The van der Waals surface area contributed by atoms with E-state index in [9.17, 15) is 4.79 Å². The first-order valence-electron chi connectivity index (χ1n) is 8.24. The number of nitrogens with one attached hydrogen (secondary N) is 3. The molecule has 3 aromatic rings. The van der Waals surface area contributed by atoms with Crippen LogP contribution in [0.25, 0.3) is 11.0 Å². The molecule has 5 nitrogen and oxygen atoms in total. The summed E-state index contributed by atoms with van der Waals surface area (Å²) in [5.41, 5.74) is 6.39. The first kappa shape index (κ1) is 17.7. The Bertz CT molecular complexity index is 904. The van der Waals surface area contributed by atoms with Crippen molar-refractivity contribution in [1.29, 1.82) is 0 Å². The van der Waals surface area contributed by atoms with Gasteiger partial charge < -0.3 is 15.6 Å². The fourth-order valence-electron chi connectivity index (χ4n) is 2.78. The van der Waals surface area contributed by atoms with Crippen LogP contribution in [0, 0.1) is 13.8 Å². The van der Waals surface area contributed by atoms with E-state index in [1.54, 1.807) is 0 Å². The molecule has 0 unspecified atom stereocenters. The van der Waals surface area contributed by atoms with E-state index in [1.807, 2.05) is 41.6 Å². The van der Waals surface area contributed by atoms with Crippen LogP contribution < -0.4 is 10.6 Å². The third-order valence-corrected chi connectivity index (χ3v) is 4.63. The summed E-state index contributed by atoms with van der Waals surface area (Å²) in [5, 5.41) is 6.82. The lowest BCUT2D eigenvalue weighted by Crippen LogP contribution is -2.06. The molecule has 0 saturated heterocycles. The van der Waals surface area contributed by atoms with Crippen molar-refractivity contribution in [1.82, 2.24) is 9.97 Å². The Labute approximate surface area is 160 Å². The van der Waals surface area contributed by atoms with Crippen LogP contribution in [0.3, 0.4) is 0 Å². The van der Waals surface area contributed by atoms with Crippen molar-refractivity contribution in [2.24, 2.45) is 0 Å². The topological polar surface area (TPSA) is 69.8 Å². The van der Waals surface area contributed by atoms with Gasteiger partial charge >= 0.3 is 0 Å². The number of aromatic amines is 1. The zero-order valence-corrected chi connectivity index (χ0v) is 16.5. The molecule has 0 amide bonds. The predicted molar refractivity (Wildman–Crippen MR) is 111 cm³/mol. The molecule has 0 spiro atoms. The number of hydrogen-bond acceptors (Lipinski definition) is 4. The van der Waals surface area contributed by atoms with Gasteiger partial charge in [0.2, 0.25) is 0 Å². The number of nitrogens with zero attached hydrogens (tertiary/aromatic N) is 1. The number of anilines is 2. The summed E-state index contributed by atoms with van der Waals surface area (Å²) < 4.78 is 0.154. The number of aryl methyl sites for hydroxylation is 2. The fraction of sp³-hybridized carbons (Fsp3) is 0.263. The highest BCUT2D eigenvalue weighted by atomic mass is 127. The third-order valence-electron chi connectivity index (χ3n) is 4.09. The quantitative estimate of drug-likeness (QED) is 0.366. The van der Waals surface area contributed by atoms with Gasteiger partial charge in [-0.1, -0.05) is 24.3 Å². The van der Waals surface area contributed by atoms with Gasteiger partial charge in [-0.25, -0.2) is 4.98 Å². The summed E-state index contributed by atoms with van der Waals surface area (Å²) in [7, 11) is 0. The van der Waals surface area contributed by atoms with Crippen molar-refractivity contribution >= 4 is 48.8 Å². The van der Waals surface area contributed by atoms with Crippen molar-refractivity contribution in [3.8, 4) is 0 Å².